The second-order valence-corrected chi connectivity index (χ2v) is 7.38. The van der Waals surface area contributed by atoms with Crippen molar-refractivity contribution in [1.29, 1.82) is 0 Å². The molecular formula is C15H29NO4. The number of nitrogens with zero attached hydrogens (tertiary/aromatic N) is 1. The molecule has 1 fully saturated rings. The molecule has 1 saturated heterocycles. The molecule has 1 rings (SSSR count). The summed E-state index contributed by atoms with van der Waals surface area (Å²) < 4.78 is 17.0. The smallest absolute Gasteiger partial charge is 0.410 e. The Kier molecular flexibility index (Phi) is 5.44. The normalized spacial score (nSPS) is 24.6. The van der Waals surface area contributed by atoms with E-state index < -0.39 is 5.60 Å². The zero-order valence-electron chi connectivity index (χ0n) is 13.9. The van der Waals surface area contributed by atoms with E-state index in [0.717, 1.165) is 0 Å². The molecule has 0 N–H and O–H groups in total. The predicted octanol–water partition coefficient (Wildman–Crippen LogP) is 2.83. The molecule has 5 heteroatoms. The molecular weight excluding hydrogens is 258 g/mol. The summed E-state index contributed by atoms with van der Waals surface area (Å²) in [5.74, 6) is 0. The molecule has 0 spiro atoms. The van der Waals surface area contributed by atoms with Crippen LogP contribution in [0.2, 0.25) is 0 Å². The topological polar surface area (TPSA) is 48.0 Å². The van der Waals surface area contributed by atoms with Gasteiger partial charge in [-0.05, 0) is 48.5 Å². The van der Waals surface area contributed by atoms with Crippen molar-refractivity contribution in [2.24, 2.45) is 0 Å². The first-order valence-electron chi connectivity index (χ1n) is 7.23. The van der Waals surface area contributed by atoms with E-state index in [9.17, 15) is 4.79 Å². The molecule has 0 aromatic rings. The molecule has 1 aliphatic heterocycles. The second-order valence-electron chi connectivity index (χ2n) is 7.38. The summed E-state index contributed by atoms with van der Waals surface area (Å²) in [6.45, 7) is 15.1. The number of carbonyl (C=O) groups is 1. The van der Waals surface area contributed by atoms with Crippen LogP contribution in [0.3, 0.4) is 0 Å². The average Bonchev–Trinajstić information content (AvgIpc) is 2.22. The maximum absolute atomic E-state index is 12.1. The fraction of sp³-hybridized carbons (Fsp3) is 0.933. The molecule has 1 amide bonds. The fourth-order valence-corrected chi connectivity index (χ4v) is 1.96. The van der Waals surface area contributed by atoms with Gasteiger partial charge in [0, 0.05) is 0 Å². The average molecular weight is 287 g/mol. The van der Waals surface area contributed by atoms with Crippen LogP contribution < -0.4 is 0 Å². The van der Waals surface area contributed by atoms with Crippen LogP contribution in [0.4, 0.5) is 4.79 Å². The van der Waals surface area contributed by atoms with Crippen LogP contribution in [-0.4, -0.2) is 54.1 Å². The highest BCUT2D eigenvalue weighted by Crippen LogP contribution is 2.17. The molecule has 118 valence electrons. The van der Waals surface area contributed by atoms with Crippen molar-refractivity contribution in [2.45, 2.75) is 71.9 Å². The van der Waals surface area contributed by atoms with E-state index in [4.69, 9.17) is 14.2 Å². The van der Waals surface area contributed by atoms with Crippen LogP contribution in [0.25, 0.3) is 0 Å². The van der Waals surface area contributed by atoms with Crippen LogP contribution in [-0.2, 0) is 14.2 Å². The lowest BCUT2D eigenvalue weighted by Gasteiger charge is -2.38. The van der Waals surface area contributed by atoms with Gasteiger partial charge >= 0.3 is 6.09 Å². The van der Waals surface area contributed by atoms with E-state index in [2.05, 4.69) is 0 Å². The van der Waals surface area contributed by atoms with Gasteiger partial charge in [0.2, 0.25) is 0 Å². The highest BCUT2D eigenvalue weighted by Gasteiger charge is 2.32. The van der Waals surface area contributed by atoms with E-state index in [1.165, 1.54) is 0 Å². The monoisotopic (exact) mass is 287 g/mol. The van der Waals surface area contributed by atoms with Crippen molar-refractivity contribution in [2.75, 3.05) is 19.7 Å². The zero-order valence-corrected chi connectivity index (χ0v) is 13.9. The summed E-state index contributed by atoms with van der Waals surface area (Å²) in [7, 11) is 0. The number of amides is 1. The predicted molar refractivity (Wildman–Crippen MR) is 77.8 cm³/mol. The molecule has 20 heavy (non-hydrogen) atoms. The Morgan fingerprint density at radius 3 is 2.25 bits per heavy atom. The molecule has 1 heterocycles. The van der Waals surface area contributed by atoms with E-state index in [1.54, 1.807) is 4.90 Å². The maximum Gasteiger partial charge on any atom is 0.410 e. The van der Waals surface area contributed by atoms with Crippen molar-refractivity contribution >= 4 is 6.09 Å². The number of ether oxygens (including phenoxy) is 3. The Hall–Kier alpha value is -0.810. The summed E-state index contributed by atoms with van der Waals surface area (Å²) >= 11 is 0. The van der Waals surface area contributed by atoms with Crippen molar-refractivity contribution in [3.63, 3.8) is 0 Å². The number of morpholine rings is 1. The first kappa shape index (κ1) is 17.2. The Morgan fingerprint density at radius 1 is 1.15 bits per heavy atom. The van der Waals surface area contributed by atoms with Gasteiger partial charge in [0.1, 0.15) is 5.60 Å². The number of rotatable bonds is 2. The fourth-order valence-electron chi connectivity index (χ4n) is 1.96. The lowest BCUT2D eigenvalue weighted by Crippen LogP contribution is -2.52. The van der Waals surface area contributed by atoms with Gasteiger partial charge in [0.05, 0.1) is 37.5 Å². The van der Waals surface area contributed by atoms with Crippen LogP contribution in [0, 0.1) is 0 Å². The quantitative estimate of drug-likeness (QED) is 0.783. The lowest BCUT2D eigenvalue weighted by atomic mass is 10.2. The minimum Gasteiger partial charge on any atom is -0.444 e. The van der Waals surface area contributed by atoms with Gasteiger partial charge < -0.3 is 19.1 Å². The second kappa shape index (κ2) is 6.31. The van der Waals surface area contributed by atoms with Crippen LogP contribution >= 0.6 is 0 Å². The third-order valence-electron chi connectivity index (χ3n) is 2.68. The van der Waals surface area contributed by atoms with Crippen LogP contribution in [0.1, 0.15) is 48.5 Å². The molecule has 0 bridgehead atoms. The van der Waals surface area contributed by atoms with Crippen molar-refractivity contribution in [1.82, 2.24) is 4.90 Å². The molecule has 5 nitrogen and oxygen atoms in total. The van der Waals surface area contributed by atoms with Gasteiger partial charge in [-0.3, -0.25) is 0 Å². The van der Waals surface area contributed by atoms with Gasteiger partial charge in [0.25, 0.3) is 0 Å². The van der Waals surface area contributed by atoms with Crippen LogP contribution in [0.5, 0.6) is 0 Å². The largest absolute Gasteiger partial charge is 0.444 e. The summed E-state index contributed by atoms with van der Waals surface area (Å²) in [4.78, 5) is 13.8. The van der Waals surface area contributed by atoms with Gasteiger partial charge in [-0.25, -0.2) is 4.79 Å². The molecule has 0 saturated carbocycles. The first-order chi connectivity index (χ1) is 8.96. The highest BCUT2D eigenvalue weighted by atomic mass is 16.6. The minimum absolute atomic E-state index is 0.00941. The maximum atomic E-state index is 12.1. The molecule has 0 aliphatic carbocycles. The Morgan fingerprint density at radius 2 is 1.75 bits per heavy atom. The Bertz CT molecular complexity index is 330. The summed E-state index contributed by atoms with van der Waals surface area (Å²) in [5.41, 5.74) is -0.684. The van der Waals surface area contributed by atoms with E-state index in [1.807, 2.05) is 48.5 Å². The third kappa shape index (κ3) is 6.57. The van der Waals surface area contributed by atoms with Gasteiger partial charge in [-0.2, -0.15) is 0 Å². The molecule has 1 aliphatic rings. The van der Waals surface area contributed by atoms with Crippen molar-refractivity contribution < 1.29 is 19.0 Å². The third-order valence-corrected chi connectivity index (χ3v) is 2.68. The minimum atomic E-state index is -0.476. The van der Waals surface area contributed by atoms with E-state index >= 15 is 0 Å². The highest BCUT2D eigenvalue weighted by molar-refractivity contribution is 5.68. The number of hydrogen-bond donors (Lipinski definition) is 0. The molecule has 0 aromatic carbocycles. The van der Waals surface area contributed by atoms with E-state index in [0.29, 0.717) is 19.7 Å². The van der Waals surface area contributed by atoms with Crippen molar-refractivity contribution in [3.05, 3.63) is 0 Å². The number of carbonyl (C=O) groups excluding carboxylic acids is 1. The Balaban J connectivity index is 2.55. The van der Waals surface area contributed by atoms with Crippen LogP contribution in [0.15, 0.2) is 0 Å². The molecule has 0 radical (unpaired) electrons. The molecule has 0 aromatic heterocycles. The summed E-state index contributed by atoms with van der Waals surface area (Å²) in [6.07, 6.45) is -0.399. The lowest BCUT2D eigenvalue weighted by molar-refractivity contribution is -0.128. The Labute approximate surface area is 122 Å². The molecule has 2 atom stereocenters. The summed E-state index contributed by atoms with van der Waals surface area (Å²) in [5, 5.41) is 0. The summed E-state index contributed by atoms with van der Waals surface area (Å²) in [6, 6.07) is 0. The van der Waals surface area contributed by atoms with Gasteiger partial charge in [0.15, 0.2) is 0 Å². The number of hydrogen-bond acceptors (Lipinski definition) is 4. The zero-order chi connectivity index (χ0) is 15.6. The molecule has 0 unspecified atom stereocenters. The van der Waals surface area contributed by atoms with Crippen molar-refractivity contribution in [3.8, 4) is 0 Å². The first-order valence-corrected chi connectivity index (χ1v) is 7.23. The van der Waals surface area contributed by atoms with Gasteiger partial charge in [-0.1, -0.05) is 0 Å². The van der Waals surface area contributed by atoms with Gasteiger partial charge in [-0.15, -0.1) is 0 Å². The standard InChI is InChI=1S/C15H29NO4/c1-11-8-16(13(17)20-15(5,6)7)9-12(19-11)10-18-14(2,3)4/h11-12H,8-10H2,1-7H3/t11-,12-/m0/s1. The van der Waals surface area contributed by atoms with E-state index in [-0.39, 0.29) is 23.9 Å². The SMILES string of the molecule is C[C@H]1CN(C(=O)OC(C)(C)C)C[C@@H](COC(C)(C)C)O1.